The fourth-order valence-corrected chi connectivity index (χ4v) is 3.95. The van der Waals surface area contributed by atoms with Gasteiger partial charge in [0.25, 0.3) is 0 Å². The van der Waals surface area contributed by atoms with Crippen molar-refractivity contribution in [2.75, 3.05) is 0 Å². The quantitative estimate of drug-likeness (QED) is 0.562. The van der Waals surface area contributed by atoms with Gasteiger partial charge in [0.1, 0.15) is 12.0 Å². The van der Waals surface area contributed by atoms with Gasteiger partial charge in [0.15, 0.2) is 0 Å². The van der Waals surface area contributed by atoms with E-state index >= 15 is 0 Å². The van der Waals surface area contributed by atoms with Crippen LogP contribution in [-0.2, 0) is 9.59 Å². The van der Waals surface area contributed by atoms with E-state index in [1.54, 1.807) is 12.4 Å². The van der Waals surface area contributed by atoms with Crippen LogP contribution < -0.4 is 10.6 Å². The summed E-state index contributed by atoms with van der Waals surface area (Å²) in [6.45, 7) is 0. The van der Waals surface area contributed by atoms with E-state index in [0.29, 0.717) is 0 Å². The molecule has 1 saturated heterocycles. The second-order valence-electron chi connectivity index (χ2n) is 7.95. The average Bonchev–Trinajstić information content (AvgIpc) is 2.83. The van der Waals surface area contributed by atoms with Crippen LogP contribution in [0.15, 0.2) is 79.1 Å². The number of piperidine rings is 1. The molecule has 0 bridgehead atoms. The van der Waals surface area contributed by atoms with E-state index in [1.165, 1.54) is 0 Å². The molecule has 1 aromatic heterocycles. The molecular formula is C25H22F3N3O2. The highest BCUT2D eigenvalue weighted by Crippen LogP contribution is 2.30. The van der Waals surface area contributed by atoms with Gasteiger partial charge in [0.2, 0.25) is 11.8 Å². The third kappa shape index (κ3) is 5.22. The van der Waals surface area contributed by atoms with Crippen LogP contribution >= 0.6 is 0 Å². The van der Waals surface area contributed by atoms with Gasteiger partial charge in [-0.15, -0.1) is 0 Å². The van der Waals surface area contributed by atoms with Crippen molar-refractivity contribution in [2.45, 2.75) is 31.1 Å². The fraction of sp³-hybridized carbons (Fsp3) is 0.240. The van der Waals surface area contributed by atoms with Crippen molar-refractivity contribution in [1.82, 2.24) is 15.6 Å². The maximum atomic E-state index is 12.9. The Morgan fingerprint density at radius 2 is 1.64 bits per heavy atom. The van der Waals surface area contributed by atoms with Crippen molar-refractivity contribution >= 4 is 11.8 Å². The summed E-state index contributed by atoms with van der Waals surface area (Å²) in [7, 11) is 0. The number of carbonyl (C=O) groups is 2. The molecule has 170 valence electrons. The molecule has 33 heavy (non-hydrogen) atoms. The first-order valence-corrected chi connectivity index (χ1v) is 10.6. The number of benzene rings is 2. The van der Waals surface area contributed by atoms with Crippen molar-refractivity contribution in [3.8, 4) is 11.1 Å². The number of amides is 2. The van der Waals surface area contributed by atoms with Crippen LogP contribution in [0.25, 0.3) is 11.1 Å². The summed E-state index contributed by atoms with van der Waals surface area (Å²) in [5.74, 6) is -2.68. The molecule has 4 rings (SSSR count). The lowest BCUT2D eigenvalue weighted by molar-refractivity contribution is -0.171. The highest BCUT2D eigenvalue weighted by molar-refractivity contribution is 6.01. The van der Waals surface area contributed by atoms with Crippen LogP contribution in [0.2, 0.25) is 0 Å². The molecule has 1 aliphatic rings. The lowest BCUT2D eigenvalue weighted by atomic mass is 9.91. The molecule has 2 N–H and O–H groups in total. The Kier molecular flexibility index (Phi) is 6.44. The van der Waals surface area contributed by atoms with Crippen LogP contribution in [0.5, 0.6) is 0 Å². The maximum absolute atomic E-state index is 12.9. The summed E-state index contributed by atoms with van der Waals surface area (Å²) in [6.07, 6.45) is -1.58. The molecule has 8 heteroatoms. The minimum absolute atomic E-state index is 0.163. The molecule has 3 atom stereocenters. The molecule has 0 radical (unpaired) electrons. The first-order valence-electron chi connectivity index (χ1n) is 10.6. The van der Waals surface area contributed by atoms with Crippen LogP contribution in [0.4, 0.5) is 13.2 Å². The van der Waals surface area contributed by atoms with Crippen molar-refractivity contribution in [2.24, 2.45) is 5.92 Å². The minimum atomic E-state index is -4.53. The zero-order chi connectivity index (χ0) is 23.4. The monoisotopic (exact) mass is 453 g/mol. The second kappa shape index (κ2) is 9.44. The first-order chi connectivity index (χ1) is 15.8. The Bertz CT molecular complexity index is 1100. The van der Waals surface area contributed by atoms with Crippen molar-refractivity contribution in [1.29, 1.82) is 0 Å². The van der Waals surface area contributed by atoms with Gasteiger partial charge < -0.3 is 10.6 Å². The average molecular weight is 453 g/mol. The smallest absolute Gasteiger partial charge is 0.344 e. The van der Waals surface area contributed by atoms with E-state index in [2.05, 4.69) is 10.3 Å². The highest BCUT2D eigenvalue weighted by atomic mass is 19.4. The van der Waals surface area contributed by atoms with Gasteiger partial charge in [-0.05, 0) is 41.2 Å². The normalized spacial score (nSPS) is 19.4. The number of nitrogens with zero attached hydrogens (tertiary/aromatic N) is 1. The van der Waals surface area contributed by atoms with Crippen LogP contribution in [0.3, 0.4) is 0 Å². The molecule has 1 fully saturated rings. The fourth-order valence-electron chi connectivity index (χ4n) is 3.95. The predicted octanol–water partition coefficient (Wildman–Crippen LogP) is 4.41. The molecule has 2 amide bonds. The van der Waals surface area contributed by atoms with Gasteiger partial charge in [-0.1, -0.05) is 60.7 Å². The van der Waals surface area contributed by atoms with Crippen molar-refractivity contribution in [3.63, 3.8) is 0 Å². The summed E-state index contributed by atoms with van der Waals surface area (Å²) in [6, 6.07) is 18.1. The zero-order valence-corrected chi connectivity index (χ0v) is 17.5. The summed E-state index contributed by atoms with van der Waals surface area (Å²) < 4.78 is 38.8. The second-order valence-corrected chi connectivity index (χ2v) is 7.95. The number of aromatic nitrogens is 1. The van der Waals surface area contributed by atoms with E-state index < -0.39 is 36.0 Å². The van der Waals surface area contributed by atoms with E-state index in [-0.39, 0.29) is 12.8 Å². The zero-order valence-electron chi connectivity index (χ0n) is 17.5. The molecule has 0 spiro atoms. The predicted molar refractivity (Wildman–Crippen MR) is 117 cm³/mol. The van der Waals surface area contributed by atoms with Gasteiger partial charge in [-0.25, -0.2) is 0 Å². The molecule has 3 aromatic rings. The number of halogens is 3. The molecule has 0 aliphatic carbocycles. The molecular weight excluding hydrogens is 431 g/mol. The third-order valence-electron chi connectivity index (χ3n) is 5.75. The Balaban J connectivity index is 1.55. The Morgan fingerprint density at radius 1 is 0.939 bits per heavy atom. The summed E-state index contributed by atoms with van der Waals surface area (Å²) in [5, 5.41) is 4.80. The molecule has 0 saturated carbocycles. The number of carbonyl (C=O) groups excluding carboxylic acids is 2. The van der Waals surface area contributed by atoms with E-state index in [9.17, 15) is 22.8 Å². The number of hydrogen-bond acceptors (Lipinski definition) is 3. The van der Waals surface area contributed by atoms with Gasteiger partial charge in [-0.2, -0.15) is 13.2 Å². The lowest BCUT2D eigenvalue weighted by Crippen LogP contribution is -2.54. The van der Waals surface area contributed by atoms with Crippen LogP contribution in [0, 0.1) is 5.92 Å². The largest absolute Gasteiger partial charge is 0.408 e. The van der Waals surface area contributed by atoms with E-state index in [4.69, 9.17) is 0 Å². The van der Waals surface area contributed by atoms with Gasteiger partial charge >= 0.3 is 6.18 Å². The Hall–Kier alpha value is -3.68. The summed E-state index contributed by atoms with van der Waals surface area (Å²) >= 11 is 0. The van der Waals surface area contributed by atoms with Crippen LogP contribution in [-0.4, -0.2) is 29.0 Å². The molecule has 1 aliphatic heterocycles. The number of alkyl halides is 3. The lowest BCUT2D eigenvalue weighted by Gasteiger charge is -2.31. The number of rotatable bonds is 5. The highest BCUT2D eigenvalue weighted by Gasteiger charge is 2.46. The van der Waals surface area contributed by atoms with Crippen LogP contribution in [0.1, 0.15) is 30.0 Å². The third-order valence-corrected chi connectivity index (χ3v) is 5.75. The molecule has 2 aromatic carbocycles. The van der Waals surface area contributed by atoms with E-state index in [0.717, 1.165) is 22.3 Å². The molecule has 3 unspecified atom stereocenters. The molecule has 2 heterocycles. The number of nitrogens with one attached hydrogen (secondary N) is 2. The Morgan fingerprint density at radius 3 is 2.24 bits per heavy atom. The van der Waals surface area contributed by atoms with Gasteiger partial charge in [-0.3, -0.25) is 14.6 Å². The Labute approximate surface area is 189 Å². The van der Waals surface area contributed by atoms with Crippen molar-refractivity contribution in [3.05, 3.63) is 90.3 Å². The summed E-state index contributed by atoms with van der Waals surface area (Å²) in [4.78, 5) is 29.3. The maximum Gasteiger partial charge on any atom is 0.408 e. The van der Waals surface area contributed by atoms with E-state index in [1.807, 2.05) is 72.0 Å². The SMILES string of the molecule is O=C(NC(c1ccccc1)c1ccc(-c2cccnc2)cc1)C1CCC(C(F)(F)F)NC1=O. The summed E-state index contributed by atoms with van der Waals surface area (Å²) in [5.41, 5.74) is 3.48. The first kappa shape index (κ1) is 22.5. The van der Waals surface area contributed by atoms with Gasteiger partial charge in [0.05, 0.1) is 6.04 Å². The standard InChI is InChI=1S/C25H22F3N3O2/c26-25(27,28)21-13-12-20(23(32)30-21)24(33)31-22(17-5-2-1-3-6-17)18-10-8-16(9-11-18)19-7-4-14-29-15-19/h1-11,14-15,20-22H,12-13H2,(H,30,32)(H,31,33). The number of hydrogen-bond donors (Lipinski definition) is 2. The van der Waals surface area contributed by atoms with Crippen molar-refractivity contribution < 1.29 is 22.8 Å². The number of pyridine rings is 1. The molecule has 5 nitrogen and oxygen atoms in total. The topological polar surface area (TPSA) is 71.1 Å². The van der Waals surface area contributed by atoms with Gasteiger partial charge in [0, 0.05) is 12.4 Å². The minimum Gasteiger partial charge on any atom is -0.344 e.